The van der Waals surface area contributed by atoms with Crippen LogP contribution in [-0.2, 0) is 15.8 Å². The lowest BCUT2D eigenvalue weighted by Gasteiger charge is -2.16. The van der Waals surface area contributed by atoms with Gasteiger partial charge < -0.3 is 5.11 Å². The van der Waals surface area contributed by atoms with E-state index in [2.05, 4.69) is 0 Å². The number of rotatable bonds is 5. The normalized spacial score (nSPS) is 15.0. The molecule has 1 heterocycles. The molecule has 28 heavy (non-hydrogen) atoms. The topological polar surface area (TPSA) is 57.6 Å². The Labute approximate surface area is 167 Å². The quantitative estimate of drug-likeness (QED) is 0.720. The molecule has 2 aromatic rings. The van der Waals surface area contributed by atoms with Crippen molar-refractivity contribution in [2.75, 3.05) is 17.3 Å². The van der Waals surface area contributed by atoms with E-state index in [4.69, 9.17) is 16.7 Å². The molecule has 0 radical (unpaired) electrons. The predicted molar refractivity (Wildman–Crippen MR) is 102 cm³/mol. The molecule has 2 amide bonds. The highest BCUT2D eigenvalue weighted by atomic mass is 35.5. The van der Waals surface area contributed by atoms with Gasteiger partial charge in [0.05, 0.1) is 28.3 Å². The number of nitrogens with zero attached hydrogens (tertiary/aromatic N) is 1. The molecule has 0 bridgehead atoms. The van der Waals surface area contributed by atoms with Gasteiger partial charge in [0.2, 0.25) is 0 Å². The zero-order valence-electron chi connectivity index (χ0n) is 14.2. The molecule has 3 rings (SSSR count). The summed E-state index contributed by atoms with van der Waals surface area (Å²) in [4.78, 5) is 26.8. The number of alkyl halides is 3. The molecule has 0 unspecified atom stereocenters. The summed E-state index contributed by atoms with van der Waals surface area (Å²) >= 11 is 6.88. The van der Waals surface area contributed by atoms with Crippen LogP contribution in [0.1, 0.15) is 11.1 Å². The summed E-state index contributed by atoms with van der Waals surface area (Å²) in [5.41, 5.74) is -0.261. The Hall–Kier alpha value is -2.29. The highest BCUT2D eigenvalue weighted by molar-refractivity contribution is 8.04. The van der Waals surface area contributed by atoms with Crippen LogP contribution in [0.4, 0.5) is 18.9 Å². The summed E-state index contributed by atoms with van der Waals surface area (Å²) in [6, 6.07) is 10.1. The Morgan fingerprint density at radius 1 is 0.964 bits per heavy atom. The monoisotopic (exact) mass is 427 g/mol. The zero-order valence-corrected chi connectivity index (χ0v) is 15.7. The number of benzene rings is 2. The first-order chi connectivity index (χ1) is 13.2. The van der Waals surface area contributed by atoms with Crippen LogP contribution in [0.3, 0.4) is 0 Å². The van der Waals surface area contributed by atoms with E-state index in [9.17, 15) is 22.8 Å². The van der Waals surface area contributed by atoms with Gasteiger partial charge in [-0.15, -0.1) is 11.8 Å². The predicted octanol–water partition coefficient (Wildman–Crippen LogP) is 4.37. The number of carbonyl (C=O) groups excluding carboxylic acids is 2. The Balaban J connectivity index is 2.01. The van der Waals surface area contributed by atoms with Crippen molar-refractivity contribution in [3.05, 3.63) is 69.6 Å². The van der Waals surface area contributed by atoms with Crippen LogP contribution in [0.2, 0.25) is 5.02 Å². The molecule has 4 nitrogen and oxygen atoms in total. The van der Waals surface area contributed by atoms with E-state index in [-0.39, 0.29) is 28.5 Å². The number of aliphatic hydroxyl groups is 1. The third-order valence-electron chi connectivity index (χ3n) is 3.96. The minimum atomic E-state index is -4.52. The molecule has 0 spiro atoms. The zero-order chi connectivity index (χ0) is 20.5. The molecular formula is C19H13ClF3NO3S. The Morgan fingerprint density at radius 3 is 2.11 bits per heavy atom. The fourth-order valence-corrected chi connectivity index (χ4v) is 3.68. The molecule has 0 saturated carbocycles. The van der Waals surface area contributed by atoms with Crippen LogP contribution in [-0.4, -0.2) is 29.3 Å². The first-order valence-corrected chi connectivity index (χ1v) is 9.40. The molecule has 9 heteroatoms. The maximum absolute atomic E-state index is 13.0. The lowest BCUT2D eigenvalue weighted by Crippen LogP contribution is -2.31. The van der Waals surface area contributed by atoms with Crippen molar-refractivity contribution in [3.8, 4) is 0 Å². The fourth-order valence-electron chi connectivity index (χ4n) is 2.70. The highest BCUT2D eigenvalue weighted by Crippen LogP contribution is 2.39. The maximum atomic E-state index is 13.0. The average Bonchev–Trinajstić information content (AvgIpc) is 2.90. The van der Waals surface area contributed by atoms with Gasteiger partial charge in [-0.2, -0.15) is 13.2 Å². The van der Waals surface area contributed by atoms with Crippen LogP contribution in [0, 0.1) is 0 Å². The van der Waals surface area contributed by atoms with Gasteiger partial charge in [-0.25, -0.2) is 4.90 Å². The molecule has 0 aromatic heterocycles. The fraction of sp³-hybridized carbons (Fsp3) is 0.158. The van der Waals surface area contributed by atoms with Crippen molar-refractivity contribution in [2.24, 2.45) is 0 Å². The molecule has 0 atom stereocenters. The Kier molecular flexibility index (Phi) is 5.83. The highest BCUT2D eigenvalue weighted by Gasteiger charge is 2.40. The first kappa shape index (κ1) is 20.4. The summed E-state index contributed by atoms with van der Waals surface area (Å²) in [6.07, 6.45) is -4.52. The van der Waals surface area contributed by atoms with Crippen molar-refractivity contribution in [1.29, 1.82) is 0 Å². The molecule has 0 fully saturated rings. The van der Waals surface area contributed by atoms with Gasteiger partial charge in [0.1, 0.15) is 0 Å². The Morgan fingerprint density at radius 2 is 1.57 bits per heavy atom. The third kappa shape index (κ3) is 3.94. The smallest absolute Gasteiger partial charge is 0.396 e. The van der Waals surface area contributed by atoms with Crippen LogP contribution in [0.5, 0.6) is 0 Å². The largest absolute Gasteiger partial charge is 0.416 e. The lowest BCUT2D eigenvalue weighted by atomic mass is 10.1. The minimum Gasteiger partial charge on any atom is -0.396 e. The van der Waals surface area contributed by atoms with Crippen molar-refractivity contribution in [2.45, 2.75) is 6.18 Å². The first-order valence-electron chi connectivity index (χ1n) is 8.04. The molecular weight excluding hydrogens is 415 g/mol. The van der Waals surface area contributed by atoms with Gasteiger partial charge in [-0.3, -0.25) is 9.59 Å². The van der Waals surface area contributed by atoms with Crippen molar-refractivity contribution in [3.63, 3.8) is 0 Å². The minimum absolute atomic E-state index is 0.0362. The van der Waals surface area contributed by atoms with E-state index < -0.39 is 23.6 Å². The van der Waals surface area contributed by atoms with E-state index in [1.54, 1.807) is 24.3 Å². The van der Waals surface area contributed by atoms with Gasteiger partial charge >= 0.3 is 6.18 Å². The van der Waals surface area contributed by atoms with Crippen LogP contribution in [0.25, 0.3) is 5.57 Å². The third-order valence-corrected chi connectivity index (χ3v) is 5.27. The van der Waals surface area contributed by atoms with Crippen LogP contribution in [0.15, 0.2) is 53.4 Å². The molecule has 146 valence electrons. The number of halogens is 4. The number of anilines is 1. The number of aliphatic hydroxyl groups excluding tert-OH is 1. The van der Waals surface area contributed by atoms with Crippen LogP contribution >= 0.6 is 23.4 Å². The van der Waals surface area contributed by atoms with E-state index in [1.165, 1.54) is 0 Å². The molecule has 0 saturated heterocycles. The number of imide groups is 1. The summed E-state index contributed by atoms with van der Waals surface area (Å²) in [5, 5.41) is 9.53. The van der Waals surface area contributed by atoms with Gasteiger partial charge in [0, 0.05) is 10.8 Å². The second-order valence-corrected chi connectivity index (χ2v) is 7.32. The molecule has 1 aliphatic rings. The van der Waals surface area contributed by atoms with E-state index in [0.29, 0.717) is 10.6 Å². The van der Waals surface area contributed by atoms with Gasteiger partial charge in [0.15, 0.2) is 0 Å². The molecule has 0 aliphatic carbocycles. The van der Waals surface area contributed by atoms with Crippen molar-refractivity contribution < 1.29 is 27.9 Å². The standard InChI is InChI=1S/C19H13ClF3NO3S/c20-13-5-1-11(2-6-13)15-16(28-10-9-25)18(27)24(17(15)26)14-7-3-12(4-8-14)19(21,22)23/h1-8,25H,9-10H2. The van der Waals surface area contributed by atoms with Gasteiger partial charge in [0.25, 0.3) is 11.8 Å². The number of amides is 2. The maximum Gasteiger partial charge on any atom is 0.416 e. The summed E-state index contributed by atoms with van der Waals surface area (Å²) in [7, 11) is 0. The van der Waals surface area contributed by atoms with Crippen LogP contribution < -0.4 is 4.90 Å². The summed E-state index contributed by atoms with van der Waals surface area (Å²) in [6.45, 7) is -0.205. The van der Waals surface area contributed by atoms with Crippen molar-refractivity contribution >= 4 is 46.4 Å². The second kappa shape index (κ2) is 7.98. The van der Waals surface area contributed by atoms with Crippen molar-refractivity contribution in [1.82, 2.24) is 0 Å². The Bertz CT molecular complexity index is 940. The van der Waals surface area contributed by atoms with Gasteiger partial charge in [-0.05, 0) is 42.0 Å². The molecule has 2 aromatic carbocycles. The van der Waals surface area contributed by atoms with E-state index in [1.807, 2.05) is 0 Å². The molecule has 1 N–H and O–H groups in total. The van der Waals surface area contributed by atoms with Gasteiger partial charge in [-0.1, -0.05) is 23.7 Å². The second-order valence-electron chi connectivity index (χ2n) is 5.77. The summed E-state index contributed by atoms with van der Waals surface area (Å²) in [5.74, 6) is -1.10. The lowest BCUT2D eigenvalue weighted by molar-refractivity contribution is -0.137. The number of thioether (sulfide) groups is 1. The number of hydrogen-bond acceptors (Lipinski definition) is 4. The molecule has 1 aliphatic heterocycles. The number of hydrogen-bond donors (Lipinski definition) is 1. The van der Waals surface area contributed by atoms with E-state index in [0.717, 1.165) is 40.9 Å². The number of carbonyl (C=O) groups is 2. The van der Waals surface area contributed by atoms with E-state index >= 15 is 0 Å². The summed E-state index contributed by atoms with van der Waals surface area (Å²) < 4.78 is 38.3. The SMILES string of the molecule is O=C1C(SCCO)=C(c2ccc(Cl)cc2)C(=O)N1c1ccc(C(F)(F)F)cc1. The average molecular weight is 428 g/mol.